The van der Waals surface area contributed by atoms with E-state index < -0.39 is 12.3 Å². The molecule has 0 aliphatic carbocycles. The van der Waals surface area contributed by atoms with Crippen molar-refractivity contribution in [3.05, 3.63) is 25.3 Å². The fourth-order valence-electron chi connectivity index (χ4n) is 0.373. The number of aliphatic hydroxyl groups excluding tert-OH is 1. The van der Waals surface area contributed by atoms with Crippen molar-refractivity contribution in [2.45, 2.75) is 12.7 Å². The lowest BCUT2D eigenvalue weighted by atomic mass is 10.4. The molecule has 0 fully saturated rings. The average molecular weight is 142 g/mol. The van der Waals surface area contributed by atoms with E-state index in [1.165, 1.54) is 6.08 Å². The SMILES string of the molecule is C=CCC(O)OC(=O)C=C. The standard InChI is InChI=1S/C7H10O3/c1-3-5-7(9)10-6(8)4-2/h3-4,7,9H,1-2,5H2. The minimum Gasteiger partial charge on any atom is -0.432 e. The molecule has 0 aliphatic heterocycles. The van der Waals surface area contributed by atoms with Crippen molar-refractivity contribution in [1.29, 1.82) is 0 Å². The maximum Gasteiger partial charge on any atom is 0.332 e. The van der Waals surface area contributed by atoms with Gasteiger partial charge in [-0.25, -0.2) is 4.79 Å². The molecule has 0 aromatic rings. The number of carbonyl (C=O) groups excluding carboxylic acids is 1. The summed E-state index contributed by atoms with van der Waals surface area (Å²) in [6.07, 6.45) is 1.59. The lowest BCUT2D eigenvalue weighted by Gasteiger charge is -2.06. The van der Waals surface area contributed by atoms with E-state index in [2.05, 4.69) is 17.9 Å². The second kappa shape index (κ2) is 4.76. The average Bonchev–Trinajstić information content (AvgIpc) is 1.88. The van der Waals surface area contributed by atoms with E-state index in [1.54, 1.807) is 0 Å². The van der Waals surface area contributed by atoms with Gasteiger partial charge in [0.2, 0.25) is 6.29 Å². The molecule has 0 aromatic carbocycles. The van der Waals surface area contributed by atoms with Gasteiger partial charge in [-0.1, -0.05) is 12.7 Å². The van der Waals surface area contributed by atoms with E-state index in [4.69, 9.17) is 5.11 Å². The van der Waals surface area contributed by atoms with Gasteiger partial charge in [0.1, 0.15) is 0 Å². The molecule has 1 N–H and O–H groups in total. The lowest BCUT2D eigenvalue weighted by Crippen LogP contribution is -2.14. The zero-order valence-electron chi connectivity index (χ0n) is 5.62. The van der Waals surface area contributed by atoms with Crippen molar-refractivity contribution in [2.75, 3.05) is 0 Å². The first kappa shape index (κ1) is 8.91. The van der Waals surface area contributed by atoms with Crippen molar-refractivity contribution in [3.8, 4) is 0 Å². The Bertz CT molecular complexity index is 140. The molecule has 0 saturated heterocycles. The summed E-state index contributed by atoms with van der Waals surface area (Å²) >= 11 is 0. The second-order valence-electron chi connectivity index (χ2n) is 1.62. The number of carbonyl (C=O) groups is 1. The van der Waals surface area contributed by atoms with E-state index in [0.717, 1.165) is 6.08 Å². The van der Waals surface area contributed by atoms with Gasteiger partial charge in [0.05, 0.1) is 0 Å². The highest BCUT2D eigenvalue weighted by atomic mass is 16.6. The Labute approximate surface area is 59.6 Å². The van der Waals surface area contributed by atoms with Crippen molar-refractivity contribution in [2.24, 2.45) is 0 Å². The Morgan fingerprint density at radius 3 is 2.70 bits per heavy atom. The van der Waals surface area contributed by atoms with Crippen LogP contribution >= 0.6 is 0 Å². The monoisotopic (exact) mass is 142 g/mol. The molecule has 0 heterocycles. The van der Waals surface area contributed by atoms with Crippen LogP contribution in [0.3, 0.4) is 0 Å². The van der Waals surface area contributed by atoms with E-state index in [0.29, 0.717) is 0 Å². The molecule has 56 valence electrons. The molecule has 1 atom stereocenters. The molecule has 0 aliphatic rings. The molecule has 0 saturated carbocycles. The number of esters is 1. The quantitative estimate of drug-likeness (QED) is 0.271. The van der Waals surface area contributed by atoms with Gasteiger partial charge in [0.15, 0.2) is 0 Å². The van der Waals surface area contributed by atoms with Gasteiger partial charge in [0.25, 0.3) is 0 Å². The largest absolute Gasteiger partial charge is 0.432 e. The third kappa shape index (κ3) is 3.86. The van der Waals surface area contributed by atoms with Crippen LogP contribution in [-0.4, -0.2) is 17.4 Å². The lowest BCUT2D eigenvalue weighted by molar-refractivity contribution is -0.160. The molecule has 3 heteroatoms. The van der Waals surface area contributed by atoms with Gasteiger partial charge in [-0.2, -0.15) is 0 Å². The molecule has 1 unspecified atom stereocenters. The van der Waals surface area contributed by atoms with E-state index in [-0.39, 0.29) is 6.42 Å². The summed E-state index contributed by atoms with van der Waals surface area (Å²) in [5, 5.41) is 8.79. The van der Waals surface area contributed by atoms with Gasteiger partial charge < -0.3 is 9.84 Å². The highest BCUT2D eigenvalue weighted by Gasteiger charge is 2.04. The van der Waals surface area contributed by atoms with Crippen LogP contribution in [0.25, 0.3) is 0 Å². The molecule has 3 nitrogen and oxygen atoms in total. The summed E-state index contributed by atoms with van der Waals surface area (Å²) in [7, 11) is 0. The second-order valence-corrected chi connectivity index (χ2v) is 1.62. The Kier molecular flexibility index (Phi) is 4.24. The molecule has 0 aromatic heterocycles. The molecule has 0 radical (unpaired) electrons. The normalized spacial score (nSPS) is 11.7. The number of hydrogen-bond acceptors (Lipinski definition) is 3. The molecule has 0 bridgehead atoms. The first-order valence-corrected chi connectivity index (χ1v) is 2.82. The zero-order chi connectivity index (χ0) is 7.98. The highest BCUT2D eigenvalue weighted by molar-refractivity contribution is 5.81. The van der Waals surface area contributed by atoms with Crippen LogP contribution in [0, 0.1) is 0 Å². The van der Waals surface area contributed by atoms with E-state index in [9.17, 15) is 4.79 Å². The molecule has 0 spiro atoms. The summed E-state index contributed by atoms with van der Waals surface area (Å²) in [4.78, 5) is 10.4. The van der Waals surface area contributed by atoms with Crippen molar-refractivity contribution >= 4 is 5.97 Å². The minimum atomic E-state index is -1.09. The van der Waals surface area contributed by atoms with E-state index in [1.807, 2.05) is 0 Å². The first-order chi connectivity index (χ1) is 4.70. The van der Waals surface area contributed by atoms with Crippen LogP contribution in [0.2, 0.25) is 0 Å². The van der Waals surface area contributed by atoms with Gasteiger partial charge in [0, 0.05) is 12.5 Å². The van der Waals surface area contributed by atoms with Crippen molar-refractivity contribution in [1.82, 2.24) is 0 Å². The topological polar surface area (TPSA) is 46.5 Å². The summed E-state index contributed by atoms with van der Waals surface area (Å²) in [6, 6.07) is 0. The third-order valence-electron chi connectivity index (χ3n) is 0.787. The Morgan fingerprint density at radius 2 is 2.30 bits per heavy atom. The molecule has 0 amide bonds. The smallest absolute Gasteiger partial charge is 0.332 e. The first-order valence-electron chi connectivity index (χ1n) is 2.82. The van der Waals surface area contributed by atoms with Crippen molar-refractivity contribution in [3.63, 3.8) is 0 Å². The molecule has 0 rings (SSSR count). The zero-order valence-corrected chi connectivity index (χ0v) is 5.62. The van der Waals surface area contributed by atoms with Gasteiger partial charge in [-0.15, -0.1) is 6.58 Å². The van der Waals surface area contributed by atoms with Crippen LogP contribution in [0.1, 0.15) is 6.42 Å². The molecular formula is C7H10O3. The Hall–Kier alpha value is -1.09. The van der Waals surface area contributed by atoms with Crippen LogP contribution in [0.15, 0.2) is 25.3 Å². The predicted molar refractivity (Wildman–Crippen MR) is 37.1 cm³/mol. The van der Waals surface area contributed by atoms with Crippen molar-refractivity contribution < 1.29 is 14.6 Å². The number of ether oxygens (including phenoxy) is 1. The summed E-state index contributed by atoms with van der Waals surface area (Å²) in [5.74, 6) is -0.630. The third-order valence-corrected chi connectivity index (χ3v) is 0.787. The summed E-state index contributed by atoms with van der Waals surface area (Å²) in [5.41, 5.74) is 0. The summed E-state index contributed by atoms with van der Waals surface area (Å²) < 4.78 is 4.37. The van der Waals surface area contributed by atoms with Crippen LogP contribution < -0.4 is 0 Å². The maximum absolute atomic E-state index is 10.4. The van der Waals surface area contributed by atoms with Gasteiger partial charge in [-0.3, -0.25) is 0 Å². The fourth-order valence-corrected chi connectivity index (χ4v) is 0.373. The predicted octanol–water partition coefficient (Wildman–Crippen LogP) is 0.610. The van der Waals surface area contributed by atoms with Crippen LogP contribution in [-0.2, 0) is 9.53 Å². The number of rotatable bonds is 4. The van der Waals surface area contributed by atoms with Gasteiger partial charge in [-0.05, 0) is 0 Å². The number of hydrogen-bond donors (Lipinski definition) is 1. The number of aliphatic hydroxyl groups is 1. The molecule has 10 heavy (non-hydrogen) atoms. The summed E-state index contributed by atoms with van der Waals surface area (Å²) in [6.45, 7) is 6.52. The van der Waals surface area contributed by atoms with E-state index >= 15 is 0 Å². The van der Waals surface area contributed by atoms with Crippen LogP contribution in [0.4, 0.5) is 0 Å². The van der Waals surface area contributed by atoms with Gasteiger partial charge >= 0.3 is 5.97 Å². The Morgan fingerprint density at radius 1 is 1.70 bits per heavy atom. The maximum atomic E-state index is 10.4. The highest BCUT2D eigenvalue weighted by Crippen LogP contribution is 1.94. The fraction of sp³-hybridized carbons (Fsp3) is 0.286. The minimum absolute atomic E-state index is 0.236. The van der Waals surface area contributed by atoms with Crippen LogP contribution in [0.5, 0.6) is 0 Å². The Balaban J connectivity index is 3.55. The molecular weight excluding hydrogens is 132 g/mol.